The average Bonchev–Trinajstić information content (AvgIpc) is 3.48. The number of carbonyl (C=O) groups is 1. The zero-order valence-corrected chi connectivity index (χ0v) is 16.3. The van der Waals surface area contributed by atoms with Crippen LogP contribution in [0.15, 0.2) is 55.0 Å². The minimum absolute atomic E-state index is 0.208. The summed E-state index contributed by atoms with van der Waals surface area (Å²) in [5, 5.41) is 0. The maximum Gasteiger partial charge on any atom is 0.410 e. The van der Waals surface area contributed by atoms with Crippen molar-refractivity contribution in [2.24, 2.45) is 5.92 Å². The molecule has 29 heavy (non-hydrogen) atoms. The Hall–Kier alpha value is -3.35. The number of benzene rings is 1. The van der Waals surface area contributed by atoms with E-state index < -0.39 is 0 Å². The quantitative estimate of drug-likeness (QED) is 0.573. The first kappa shape index (κ1) is 17.7. The van der Waals surface area contributed by atoms with Gasteiger partial charge in [-0.1, -0.05) is 43.7 Å². The number of hydrogen-bond donors (Lipinski definition) is 1. The van der Waals surface area contributed by atoms with Gasteiger partial charge in [0.2, 0.25) is 0 Å². The van der Waals surface area contributed by atoms with Crippen molar-refractivity contribution in [2.75, 3.05) is 13.1 Å². The van der Waals surface area contributed by atoms with Crippen LogP contribution in [-0.2, 0) is 11.3 Å². The molecule has 1 aromatic carbocycles. The molecule has 1 amide bonds. The van der Waals surface area contributed by atoms with Gasteiger partial charge >= 0.3 is 6.09 Å². The highest BCUT2D eigenvalue weighted by Crippen LogP contribution is 2.36. The van der Waals surface area contributed by atoms with Crippen LogP contribution in [-0.4, -0.2) is 43.4 Å². The van der Waals surface area contributed by atoms with Gasteiger partial charge in [0, 0.05) is 37.1 Å². The molecule has 0 saturated carbocycles. The first-order valence-electron chi connectivity index (χ1n) is 9.99. The molecule has 4 heterocycles. The molecule has 4 aromatic rings. The summed E-state index contributed by atoms with van der Waals surface area (Å²) in [7, 11) is 0. The smallest absolute Gasteiger partial charge is 0.410 e. The highest BCUT2D eigenvalue weighted by Gasteiger charge is 2.37. The summed E-state index contributed by atoms with van der Waals surface area (Å²) in [6.45, 7) is 3.80. The molecule has 0 aliphatic carbocycles. The van der Waals surface area contributed by atoms with Crippen LogP contribution in [0, 0.1) is 5.92 Å². The third-order valence-corrected chi connectivity index (χ3v) is 5.88. The molecule has 5 rings (SSSR count). The number of imidazole rings is 1. The summed E-state index contributed by atoms with van der Waals surface area (Å²) in [5.41, 5.74) is 4.79. The SMILES string of the molecule is CCC1CN(C(=O)OCc2ccccc2)CC1c1cnc2cnc3[nH]ccc3n12. The van der Waals surface area contributed by atoms with Crippen molar-refractivity contribution in [3.05, 3.63) is 66.2 Å². The van der Waals surface area contributed by atoms with Crippen molar-refractivity contribution in [1.82, 2.24) is 24.3 Å². The van der Waals surface area contributed by atoms with Crippen LogP contribution >= 0.6 is 0 Å². The second-order valence-corrected chi connectivity index (χ2v) is 7.57. The standard InChI is InChI=1S/C22H23N5O2/c1-2-16-12-26(22(28)29-14-15-6-4-3-5-7-15)13-17(16)19-10-24-20-11-25-21-18(27(19)20)8-9-23-21/h3-11,16-17,23H,2,12-14H2,1H3. The molecule has 2 unspecified atom stereocenters. The molecule has 148 valence electrons. The number of aromatic nitrogens is 4. The summed E-state index contributed by atoms with van der Waals surface area (Å²) in [4.78, 5) is 26.7. The lowest BCUT2D eigenvalue weighted by atomic mass is 9.91. The third-order valence-electron chi connectivity index (χ3n) is 5.88. The number of H-pyrrole nitrogens is 1. The van der Waals surface area contributed by atoms with Crippen molar-refractivity contribution < 1.29 is 9.53 Å². The van der Waals surface area contributed by atoms with Crippen molar-refractivity contribution in [1.29, 1.82) is 0 Å². The fourth-order valence-electron chi connectivity index (χ4n) is 4.33. The molecule has 1 aliphatic heterocycles. The average molecular weight is 389 g/mol. The Morgan fingerprint density at radius 3 is 2.86 bits per heavy atom. The van der Waals surface area contributed by atoms with E-state index in [1.165, 1.54) is 0 Å². The number of ether oxygens (including phenoxy) is 1. The van der Waals surface area contributed by atoms with Crippen LogP contribution in [0.2, 0.25) is 0 Å². The minimum atomic E-state index is -0.253. The Morgan fingerprint density at radius 2 is 2.03 bits per heavy atom. The largest absolute Gasteiger partial charge is 0.445 e. The fourth-order valence-corrected chi connectivity index (χ4v) is 4.33. The minimum Gasteiger partial charge on any atom is -0.445 e. The number of nitrogens with zero attached hydrogens (tertiary/aromatic N) is 4. The Bertz CT molecular complexity index is 1150. The van der Waals surface area contributed by atoms with Crippen molar-refractivity contribution in [2.45, 2.75) is 25.9 Å². The normalized spacial score (nSPS) is 19.3. The summed E-state index contributed by atoms with van der Waals surface area (Å²) in [6.07, 6.45) is 6.33. The fraction of sp³-hybridized carbons (Fsp3) is 0.318. The number of rotatable bonds is 4. The van der Waals surface area contributed by atoms with Gasteiger partial charge in [0.15, 0.2) is 11.3 Å². The lowest BCUT2D eigenvalue weighted by molar-refractivity contribution is 0.103. The molecule has 3 aromatic heterocycles. The summed E-state index contributed by atoms with van der Waals surface area (Å²) >= 11 is 0. The van der Waals surface area contributed by atoms with E-state index in [2.05, 4.69) is 26.3 Å². The van der Waals surface area contributed by atoms with Crippen LogP contribution in [0.4, 0.5) is 4.79 Å². The number of carbonyl (C=O) groups excluding carboxylic acids is 1. The van der Waals surface area contributed by atoms with Crippen molar-refractivity contribution in [3.8, 4) is 0 Å². The molecule has 1 N–H and O–H groups in total. The van der Waals surface area contributed by atoms with Crippen LogP contribution < -0.4 is 0 Å². The molecule has 0 radical (unpaired) electrons. The van der Waals surface area contributed by atoms with Gasteiger partial charge in [-0.05, 0) is 17.5 Å². The van der Waals surface area contributed by atoms with E-state index in [9.17, 15) is 4.79 Å². The summed E-state index contributed by atoms with van der Waals surface area (Å²) < 4.78 is 7.72. The molecule has 2 atom stereocenters. The molecule has 7 heteroatoms. The van der Waals surface area contributed by atoms with Gasteiger partial charge in [0.25, 0.3) is 0 Å². The molecule has 0 bridgehead atoms. The molecule has 1 aliphatic rings. The van der Waals surface area contributed by atoms with Gasteiger partial charge in [0.05, 0.1) is 11.7 Å². The molecule has 7 nitrogen and oxygen atoms in total. The topological polar surface area (TPSA) is 75.5 Å². The summed E-state index contributed by atoms with van der Waals surface area (Å²) in [5.74, 6) is 0.570. The van der Waals surface area contributed by atoms with Gasteiger partial charge in [-0.2, -0.15) is 0 Å². The highest BCUT2D eigenvalue weighted by atomic mass is 16.6. The van der Waals surface area contributed by atoms with Gasteiger partial charge in [0.1, 0.15) is 6.61 Å². The number of fused-ring (bicyclic) bond motifs is 3. The van der Waals surface area contributed by atoms with E-state index in [1.54, 1.807) is 6.20 Å². The van der Waals surface area contributed by atoms with Crippen molar-refractivity contribution >= 4 is 22.9 Å². The second kappa shape index (κ2) is 7.24. The lowest BCUT2D eigenvalue weighted by Crippen LogP contribution is -2.29. The predicted molar refractivity (Wildman–Crippen MR) is 110 cm³/mol. The zero-order valence-electron chi connectivity index (χ0n) is 16.3. The number of nitrogens with one attached hydrogen (secondary N) is 1. The molecule has 1 saturated heterocycles. The number of aromatic amines is 1. The van der Waals surface area contributed by atoms with Gasteiger partial charge < -0.3 is 14.6 Å². The van der Waals surface area contributed by atoms with Gasteiger partial charge in [-0.15, -0.1) is 0 Å². The predicted octanol–water partition coefficient (Wildman–Crippen LogP) is 3.97. The molecule has 0 spiro atoms. The summed E-state index contributed by atoms with van der Waals surface area (Å²) in [6, 6.07) is 11.8. The van der Waals surface area contributed by atoms with Crippen LogP contribution in [0.1, 0.15) is 30.5 Å². The van der Waals surface area contributed by atoms with E-state index >= 15 is 0 Å². The Morgan fingerprint density at radius 1 is 1.17 bits per heavy atom. The number of hydrogen-bond acceptors (Lipinski definition) is 4. The van der Waals surface area contributed by atoms with Crippen LogP contribution in [0.25, 0.3) is 16.8 Å². The zero-order chi connectivity index (χ0) is 19.8. The van der Waals surface area contributed by atoms with Crippen LogP contribution in [0.5, 0.6) is 0 Å². The van der Waals surface area contributed by atoms with Gasteiger partial charge in [-0.25, -0.2) is 14.8 Å². The Balaban J connectivity index is 1.39. The molecule has 1 fully saturated rings. The van der Waals surface area contributed by atoms with E-state index in [0.29, 0.717) is 25.6 Å². The highest BCUT2D eigenvalue weighted by molar-refractivity contribution is 5.75. The third kappa shape index (κ3) is 3.12. The lowest BCUT2D eigenvalue weighted by Gasteiger charge is -2.16. The van der Waals surface area contributed by atoms with E-state index in [0.717, 1.165) is 34.5 Å². The first-order valence-corrected chi connectivity index (χ1v) is 9.99. The molecular weight excluding hydrogens is 366 g/mol. The Kier molecular flexibility index (Phi) is 4.42. The van der Waals surface area contributed by atoms with E-state index in [4.69, 9.17) is 4.74 Å². The van der Waals surface area contributed by atoms with Crippen molar-refractivity contribution in [3.63, 3.8) is 0 Å². The van der Waals surface area contributed by atoms with E-state index in [-0.39, 0.29) is 12.0 Å². The molecular formula is C22H23N5O2. The van der Waals surface area contributed by atoms with E-state index in [1.807, 2.05) is 53.7 Å². The second-order valence-electron chi connectivity index (χ2n) is 7.57. The number of likely N-dealkylation sites (tertiary alicyclic amines) is 1. The van der Waals surface area contributed by atoms with Gasteiger partial charge in [-0.3, -0.25) is 4.40 Å². The monoisotopic (exact) mass is 389 g/mol. The maximum atomic E-state index is 12.7. The number of amides is 1. The van der Waals surface area contributed by atoms with Crippen LogP contribution in [0.3, 0.4) is 0 Å². The first-order chi connectivity index (χ1) is 14.2. The maximum absolute atomic E-state index is 12.7. The Labute approximate surface area is 168 Å².